The van der Waals surface area contributed by atoms with Gasteiger partial charge in [0.15, 0.2) is 5.82 Å². The van der Waals surface area contributed by atoms with Gasteiger partial charge in [-0.3, -0.25) is 0 Å². The highest BCUT2D eigenvalue weighted by atomic mass is 35.5. The predicted molar refractivity (Wildman–Crippen MR) is 52.7 cm³/mol. The first-order valence-corrected chi connectivity index (χ1v) is 4.17. The molecule has 0 spiro atoms. The average molecular weight is 206 g/mol. The normalized spacial score (nSPS) is 12.7. The SMILES string of the molecule is CC(C)Cc1noc(C(C)N)n1.Cl. The van der Waals surface area contributed by atoms with E-state index >= 15 is 0 Å². The summed E-state index contributed by atoms with van der Waals surface area (Å²) in [5.41, 5.74) is 5.56. The lowest BCUT2D eigenvalue weighted by molar-refractivity contribution is 0.355. The summed E-state index contributed by atoms with van der Waals surface area (Å²) in [6, 6.07) is -0.168. The third-order valence-electron chi connectivity index (χ3n) is 1.46. The largest absolute Gasteiger partial charge is 0.338 e. The van der Waals surface area contributed by atoms with Crippen molar-refractivity contribution in [3.8, 4) is 0 Å². The molecule has 0 saturated carbocycles. The van der Waals surface area contributed by atoms with E-state index in [4.69, 9.17) is 10.3 Å². The molecule has 0 aliphatic heterocycles. The topological polar surface area (TPSA) is 64.9 Å². The van der Waals surface area contributed by atoms with Crippen LogP contribution in [-0.4, -0.2) is 10.1 Å². The van der Waals surface area contributed by atoms with Crippen molar-refractivity contribution in [1.29, 1.82) is 0 Å². The first-order chi connectivity index (χ1) is 5.59. The van der Waals surface area contributed by atoms with Crippen LogP contribution in [0.3, 0.4) is 0 Å². The van der Waals surface area contributed by atoms with Gasteiger partial charge in [0.05, 0.1) is 6.04 Å². The molecule has 1 unspecified atom stereocenters. The van der Waals surface area contributed by atoms with Gasteiger partial charge in [-0.1, -0.05) is 19.0 Å². The van der Waals surface area contributed by atoms with Crippen molar-refractivity contribution in [1.82, 2.24) is 10.1 Å². The third kappa shape index (κ3) is 3.74. The average Bonchev–Trinajstić information content (AvgIpc) is 2.34. The minimum atomic E-state index is -0.168. The molecule has 0 aliphatic rings. The molecule has 76 valence electrons. The molecule has 1 rings (SSSR count). The van der Waals surface area contributed by atoms with Gasteiger partial charge in [-0.2, -0.15) is 4.98 Å². The van der Waals surface area contributed by atoms with Crippen LogP contribution >= 0.6 is 12.4 Å². The van der Waals surface area contributed by atoms with Gasteiger partial charge in [0, 0.05) is 6.42 Å². The molecule has 0 bridgehead atoms. The van der Waals surface area contributed by atoms with Crippen LogP contribution in [0.25, 0.3) is 0 Å². The van der Waals surface area contributed by atoms with Gasteiger partial charge in [0.1, 0.15) is 0 Å². The summed E-state index contributed by atoms with van der Waals surface area (Å²) in [7, 11) is 0. The van der Waals surface area contributed by atoms with E-state index in [9.17, 15) is 0 Å². The van der Waals surface area contributed by atoms with Crippen LogP contribution in [0.4, 0.5) is 0 Å². The lowest BCUT2D eigenvalue weighted by Gasteiger charge is -1.96. The highest BCUT2D eigenvalue weighted by Crippen LogP contribution is 2.08. The Morgan fingerprint density at radius 1 is 1.38 bits per heavy atom. The second-order valence-corrected chi connectivity index (χ2v) is 3.44. The second kappa shape index (κ2) is 5.19. The number of hydrogen-bond donors (Lipinski definition) is 1. The summed E-state index contributed by atoms with van der Waals surface area (Å²) in [5.74, 6) is 1.81. The smallest absolute Gasteiger partial charge is 0.243 e. The Hall–Kier alpha value is -0.610. The van der Waals surface area contributed by atoms with Gasteiger partial charge >= 0.3 is 0 Å². The highest BCUT2D eigenvalue weighted by molar-refractivity contribution is 5.85. The van der Waals surface area contributed by atoms with Crippen LogP contribution in [0, 0.1) is 5.92 Å². The minimum absolute atomic E-state index is 0. The van der Waals surface area contributed by atoms with Gasteiger partial charge in [-0.05, 0) is 12.8 Å². The molecule has 13 heavy (non-hydrogen) atoms. The maximum absolute atomic E-state index is 5.56. The van der Waals surface area contributed by atoms with E-state index in [0.717, 1.165) is 12.2 Å². The van der Waals surface area contributed by atoms with Crippen molar-refractivity contribution in [3.05, 3.63) is 11.7 Å². The third-order valence-corrected chi connectivity index (χ3v) is 1.46. The van der Waals surface area contributed by atoms with Crippen molar-refractivity contribution >= 4 is 12.4 Å². The van der Waals surface area contributed by atoms with Gasteiger partial charge in [0.2, 0.25) is 5.89 Å². The molecule has 1 aromatic heterocycles. The Balaban J connectivity index is 0.00000144. The minimum Gasteiger partial charge on any atom is -0.338 e. The van der Waals surface area contributed by atoms with Gasteiger partial charge < -0.3 is 10.3 Å². The van der Waals surface area contributed by atoms with Crippen molar-refractivity contribution < 1.29 is 4.52 Å². The molecule has 1 atom stereocenters. The summed E-state index contributed by atoms with van der Waals surface area (Å²) in [5, 5.41) is 3.81. The zero-order valence-electron chi connectivity index (χ0n) is 8.15. The molecule has 0 amide bonds. The number of halogens is 1. The van der Waals surface area contributed by atoms with E-state index in [1.807, 2.05) is 6.92 Å². The molecule has 0 saturated heterocycles. The van der Waals surface area contributed by atoms with Gasteiger partial charge in [-0.25, -0.2) is 0 Å². The Morgan fingerprint density at radius 3 is 2.38 bits per heavy atom. The standard InChI is InChI=1S/C8H15N3O.ClH/c1-5(2)4-7-10-8(6(3)9)12-11-7;/h5-6H,4,9H2,1-3H3;1H. The van der Waals surface area contributed by atoms with Gasteiger partial charge in [0.25, 0.3) is 0 Å². The number of rotatable bonds is 3. The number of hydrogen-bond acceptors (Lipinski definition) is 4. The summed E-state index contributed by atoms with van der Waals surface area (Å²) >= 11 is 0. The van der Waals surface area contributed by atoms with E-state index in [-0.39, 0.29) is 18.4 Å². The monoisotopic (exact) mass is 205 g/mol. The fraction of sp³-hybridized carbons (Fsp3) is 0.750. The molecule has 4 nitrogen and oxygen atoms in total. The van der Waals surface area contributed by atoms with E-state index in [0.29, 0.717) is 11.8 Å². The van der Waals surface area contributed by atoms with Crippen LogP contribution in [0.1, 0.15) is 38.5 Å². The fourth-order valence-electron chi connectivity index (χ4n) is 0.900. The predicted octanol–water partition coefficient (Wildman–Crippen LogP) is 1.71. The summed E-state index contributed by atoms with van der Waals surface area (Å²) < 4.78 is 4.94. The summed E-state index contributed by atoms with van der Waals surface area (Å²) in [4.78, 5) is 4.15. The molecule has 0 aliphatic carbocycles. The molecule has 0 aromatic carbocycles. The Morgan fingerprint density at radius 2 is 2.00 bits per heavy atom. The molecule has 2 N–H and O–H groups in total. The van der Waals surface area contributed by atoms with E-state index in [2.05, 4.69) is 24.0 Å². The van der Waals surface area contributed by atoms with E-state index in [1.165, 1.54) is 0 Å². The molecule has 1 aromatic rings. The summed E-state index contributed by atoms with van der Waals surface area (Å²) in [6.45, 7) is 6.05. The molecule has 0 radical (unpaired) electrons. The Bertz CT molecular complexity index is 247. The number of nitrogens with zero attached hydrogens (tertiary/aromatic N) is 2. The number of nitrogens with two attached hydrogens (primary N) is 1. The number of aromatic nitrogens is 2. The molecule has 0 fully saturated rings. The van der Waals surface area contributed by atoms with Crippen molar-refractivity contribution in [2.24, 2.45) is 11.7 Å². The summed E-state index contributed by atoms with van der Waals surface area (Å²) in [6.07, 6.45) is 0.843. The van der Waals surface area contributed by atoms with Gasteiger partial charge in [-0.15, -0.1) is 12.4 Å². The van der Waals surface area contributed by atoms with E-state index in [1.54, 1.807) is 0 Å². The molecule has 5 heteroatoms. The van der Waals surface area contributed by atoms with Crippen LogP contribution in [-0.2, 0) is 6.42 Å². The molecular weight excluding hydrogens is 190 g/mol. The van der Waals surface area contributed by atoms with Crippen molar-refractivity contribution in [2.45, 2.75) is 33.2 Å². The van der Waals surface area contributed by atoms with Crippen LogP contribution in [0.2, 0.25) is 0 Å². The maximum atomic E-state index is 5.56. The fourth-order valence-corrected chi connectivity index (χ4v) is 0.900. The Kier molecular flexibility index (Phi) is 4.95. The Labute approximate surface area is 84.3 Å². The van der Waals surface area contributed by atoms with Crippen LogP contribution < -0.4 is 5.73 Å². The molecule has 1 heterocycles. The lowest BCUT2D eigenvalue weighted by atomic mass is 10.1. The second-order valence-electron chi connectivity index (χ2n) is 3.44. The lowest BCUT2D eigenvalue weighted by Crippen LogP contribution is -2.05. The molecular formula is C8H16ClN3O. The first kappa shape index (κ1) is 12.4. The van der Waals surface area contributed by atoms with Crippen molar-refractivity contribution in [2.75, 3.05) is 0 Å². The zero-order chi connectivity index (χ0) is 9.14. The van der Waals surface area contributed by atoms with E-state index < -0.39 is 0 Å². The maximum Gasteiger partial charge on any atom is 0.243 e. The van der Waals surface area contributed by atoms with Crippen molar-refractivity contribution in [3.63, 3.8) is 0 Å². The quantitative estimate of drug-likeness (QED) is 0.816. The van der Waals surface area contributed by atoms with Crippen LogP contribution in [0.5, 0.6) is 0 Å². The first-order valence-electron chi connectivity index (χ1n) is 4.17. The van der Waals surface area contributed by atoms with Crippen LogP contribution in [0.15, 0.2) is 4.52 Å². The highest BCUT2D eigenvalue weighted by Gasteiger charge is 2.10. The zero-order valence-corrected chi connectivity index (χ0v) is 8.97.